The molecule has 7 heteroatoms. The fraction of sp³-hybridized carbons (Fsp3) is 0.143. The van der Waals surface area contributed by atoms with Gasteiger partial charge in [-0.3, -0.25) is 4.79 Å². The van der Waals surface area contributed by atoms with Gasteiger partial charge in [-0.25, -0.2) is 4.79 Å². The van der Waals surface area contributed by atoms with Gasteiger partial charge in [0, 0.05) is 27.9 Å². The number of hydrogen-bond acceptors (Lipinski definition) is 5. The molecule has 178 valence electrons. The van der Waals surface area contributed by atoms with Gasteiger partial charge in [-0.1, -0.05) is 54.1 Å². The molecule has 4 rings (SSSR count). The highest BCUT2D eigenvalue weighted by atomic mass is 35.5. The smallest absolute Gasteiger partial charge is 0.330 e. The van der Waals surface area contributed by atoms with E-state index in [0.29, 0.717) is 22.0 Å². The summed E-state index contributed by atoms with van der Waals surface area (Å²) in [7, 11) is 1.33. The van der Waals surface area contributed by atoms with Crippen LogP contribution in [0.4, 0.5) is 11.4 Å². The van der Waals surface area contributed by atoms with Crippen molar-refractivity contribution in [3.05, 3.63) is 100 Å². The van der Waals surface area contributed by atoms with E-state index in [2.05, 4.69) is 15.4 Å². The average molecular weight is 488 g/mol. The van der Waals surface area contributed by atoms with Crippen LogP contribution in [0.15, 0.2) is 72.8 Å². The molecule has 1 aliphatic rings. The first-order valence-corrected chi connectivity index (χ1v) is 11.4. The van der Waals surface area contributed by atoms with Gasteiger partial charge in [-0.05, 0) is 60.9 Å². The standard InChI is InChI=1S/C28H26ClN3O3/c1-28(2,30)19-9-12-21(13-10-19)31-26(18-7-4-17(5-8-18)6-15-24(33)35-3)25-22-14-11-20(29)16-23(22)32-27(25)34/h4-16,31H,30H2,1-3H3,(H,32,34)/b15-6+,26-25-. The van der Waals surface area contributed by atoms with E-state index < -0.39 is 11.5 Å². The van der Waals surface area contributed by atoms with Crippen molar-refractivity contribution in [2.75, 3.05) is 17.7 Å². The van der Waals surface area contributed by atoms with E-state index in [1.807, 2.05) is 68.4 Å². The minimum Gasteiger partial charge on any atom is -0.466 e. The first kappa shape index (κ1) is 24.3. The molecule has 0 saturated heterocycles. The number of nitrogens with one attached hydrogen (secondary N) is 2. The van der Waals surface area contributed by atoms with Crippen LogP contribution in [0, 0.1) is 0 Å². The Hall–Kier alpha value is -3.87. The van der Waals surface area contributed by atoms with Crippen molar-refractivity contribution in [3.8, 4) is 0 Å². The van der Waals surface area contributed by atoms with Gasteiger partial charge in [0.2, 0.25) is 0 Å². The number of esters is 1. The van der Waals surface area contributed by atoms with Crippen molar-refractivity contribution in [1.82, 2.24) is 0 Å². The van der Waals surface area contributed by atoms with E-state index in [-0.39, 0.29) is 5.91 Å². The van der Waals surface area contributed by atoms with Crippen LogP contribution in [-0.4, -0.2) is 19.0 Å². The molecular formula is C28H26ClN3O3. The van der Waals surface area contributed by atoms with Gasteiger partial charge >= 0.3 is 5.97 Å². The van der Waals surface area contributed by atoms with Crippen LogP contribution in [0.25, 0.3) is 17.3 Å². The molecule has 1 aliphatic heterocycles. The highest BCUT2D eigenvalue weighted by molar-refractivity contribution is 6.38. The molecule has 0 unspecified atom stereocenters. The lowest BCUT2D eigenvalue weighted by atomic mass is 9.95. The van der Waals surface area contributed by atoms with E-state index in [1.165, 1.54) is 13.2 Å². The second kappa shape index (κ2) is 9.78. The van der Waals surface area contributed by atoms with Crippen molar-refractivity contribution < 1.29 is 14.3 Å². The lowest BCUT2D eigenvalue weighted by molar-refractivity contribution is -0.134. The number of amides is 1. The quantitative estimate of drug-likeness (QED) is 0.308. The van der Waals surface area contributed by atoms with E-state index in [9.17, 15) is 9.59 Å². The lowest BCUT2D eigenvalue weighted by Gasteiger charge is -2.20. The number of carbonyl (C=O) groups excluding carboxylic acids is 2. The summed E-state index contributed by atoms with van der Waals surface area (Å²) in [4.78, 5) is 24.5. The minimum atomic E-state index is -0.461. The van der Waals surface area contributed by atoms with Crippen LogP contribution in [0.1, 0.15) is 36.1 Å². The number of fused-ring (bicyclic) bond motifs is 1. The summed E-state index contributed by atoms with van der Waals surface area (Å²) in [5, 5.41) is 6.88. The third kappa shape index (κ3) is 5.45. The van der Waals surface area contributed by atoms with Gasteiger partial charge in [0.25, 0.3) is 5.91 Å². The Balaban J connectivity index is 1.78. The van der Waals surface area contributed by atoms with Crippen molar-refractivity contribution in [2.24, 2.45) is 5.73 Å². The Kier molecular flexibility index (Phi) is 6.78. The third-order valence-corrected chi connectivity index (χ3v) is 5.92. The van der Waals surface area contributed by atoms with Crippen molar-refractivity contribution in [2.45, 2.75) is 19.4 Å². The van der Waals surface area contributed by atoms with Gasteiger partial charge in [0.1, 0.15) is 0 Å². The summed E-state index contributed by atoms with van der Waals surface area (Å²) in [6, 6.07) is 20.7. The summed E-state index contributed by atoms with van der Waals surface area (Å²) in [5.74, 6) is -0.653. The Morgan fingerprint density at radius 3 is 2.37 bits per heavy atom. The van der Waals surface area contributed by atoms with Gasteiger partial charge in [-0.15, -0.1) is 0 Å². The summed E-state index contributed by atoms with van der Waals surface area (Å²) in [5.41, 5.74) is 11.8. The fourth-order valence-corrected chi connectivity index (χ4v) is 3.96. The van der Waals surface area contributed by atoms with Crippen LogP contribution >= 0.6 is 11.6 Å². The zero-order valence-electron chi connectivity index (χ0n) is 19.7. The van der Waals surface area contributed by atoms with Crippen LogP contribution in [0.3, 0.4) is 0 Å². The fourth-order valence-electron chi connectivity index (χ4n) is 3.79. The second-order valence-corrected chi connectivity index (χ2v) is 9.23. The number of hydrogen-bond donors (Lipinski definition) is 3. The van der Waals surface area contributed by atoms with Crippen LogP contribution in [-0.2, 0) is 19.9 Å². The molecule has 0 saturated carbocycles. The molecular weight excluding hydrogens is 462 g/mol. The van der Waals surface area contributed by atoms with Gasteiger partial charge < -0.3 is 21.1 Å². The van der Waals surface area contributed by atoms with E-state index in [1.54, 1.807) is 18.2 Å². The predicted molar refractivity (Wildman–Crippen MR) is 142 cm³/mol. The molecule has 1 amide bonds. The Morgan fingerprint density at radius 2 is 1.74 bits per heavy atom. The lowest BCUT2D eigenvalue weighted by Crippen LogP contribution is -2.28. The number of rotatable bonds is 6. The molecule has 0 atom stereocenters. The van der Waals surface area contributed by atoms with E-state index >= 15 is 0 Å². The molecule has 6 nitrogen and oxygen atoms in total. The topological polar surface area (TPSA) is 93.4 Å². The van der Waals surface area contributed by atoms with Gasteiger partial charge in [0.05, 0.1) is 24.1 Å². The highest BCUT2D eigenvalue weighted by Crippen LogP contribution is 2.39. The molecule has 0 radical (unpaired) electrons. The van der Waals surface area contributed by atoms with Crippen LogP contribution in [0.5, 0.6) is 0 Å². The number of benzene rings is 3. The maximum absolute atomic E-state index is 13.1. The number of anilines is 2. The van der Waals surface area contributed by atoms with Gasteiger partial charge in [0.15, 0.2) is 0 Å². The van der Waals surface area contributed by atoms with E-state index in [4.69, 9.17) is 17.3 Å². The zero-order chi connectivity index (χ0) is 25.2. The van der Waals surface area contributed by atoms with Crippen LogP contribution < -0.4 is 16.4 Å². The predicted octanol–water partition coefficient (Wildman–Crippen LogP) is 5.65. The number of ether oxygens (including phenoxy) is 1. The number of halogens is 1. The molecule has 0 fully saturated rings. The minimum absolute atomic E-state index is 0.223. The maximum atomic E-state index is 13.1. The third-order valence-electron chi connectivity index (χ3n) is 5.69. The summed E-state index contributed by atoms with van der Waals surface area (Å²) in [6.07, 6.45) is 3.03. The van der Waals surface area contributed by atoms with Crippen molar-refractivity contribution in [3.63, 3.8) is 0 Å². The SMILES string of the molecule is COC(=O)/C=C/c1ccc(/C(Nc2ccc(C(C)(C)N)cc2)=C2/C(=O)Nc3cc(Cl)ccc32)cc1. The second-order valence-electron chi connectivity index (χ2n) is 8.80. The molecule has 1 heterocycles. The number of methoxy groups -OCH3 is 1. The zero-order valence-corrected chi connectivity index (χ0v) is 20.4. The molecule has 35 heavy (non-hydrogen) atoms. The Morgan fingerprint density at radius 1 is 1.06 bits per heavy atom. The average Bonchev–Trinajstić information content (AvgIpc) is 3.15. The maximum Gasteiger partial charge on any atom is 0.330 e. The first-order valence-electron chi connectivity index (χ1n) is 11.0. The normalized spacial score (nSPS) is 14.5. The van der Waals surface area contributed by atoms with E-state index in [0.717, 1.165) is 27.9 Å². The Labute approximate surface area is 209 Å². The Bertz CT molecular complexity index is 1340. The number of carbonyl (C=O) groups is 2. The monoisotopic (exact) mass is 487 g/mol. The molecule has 0 spiro atoms. The summed E-state index contributed by atoms with van der Waals surface area (Å²) in [6.45, 7) is 3.90. The van der Waals surface area contributed by atoms with Crippen molar-refractivity contribution in [1.29, 1.82) is 0 Å². The van der Waals surface area contributed by atoms with Crippen molar-refractivity contribution >= 4 is 52.2 Å². The van der Waals surface area contributed by atoms with Crippen LogP contribution in [0.2, 0.25) is 5.02 Å². The first-order chi connectivity index (χ1) is 16.7. The molecule has 0 aromatic heterocycles. The summed E-state index contributed by atoms with van der Waals surface area (Å²) < 4.78 is 4.65. The highest BCUT2D eigenvalue weighted by Gasteiger charge is 2.28. The molecule has 0 aliphatic carbocycles. The number of nitrogens with two attached hydrogens (primary N) is 1. The summed E-state index contributed by atoms with van der Waals surface area (Å²) >= 11 is 6.14. The molecule has 3 aromatic rings. The van der Waals surface area contributed by atoms with Gasteiger partial charge in [-0.2, -0.15) is 0 Å². The molecule has 0 bridgehead atoms. The molecule has 4 N–H and O–H groups in total. The molecule has 3 aromatic carbocycles. The largest absolute Gasteiger partial charge is 0.466 e.